The molecular formula is C20H15FN4O2S2. The number of hydrogen-bond acceptors (Lipinski definition) is 7. The molecule has 0 aliphatic rings. The van der Waals surface area contributed by atoms with E-state index in [1.54, 1.807) is 17.0 Å². The molecule has 9 heteroatoms. The first-order chi connectivity index (χ1) is 14.1. The number of nitrogens with zero attached hydrogens (tertiary/aromatic N) is 4. The summed E-state index contributed by atoms with van der Waals surface area (Å²) in [6, 6.07) is 15.1. The molecule has 2 aromatic carbocycles. The molecule has 1 amide bonds. The van der Waals surface area contributed by atoms with Crippen LogP contribution in [0, 0.1) is 12.7 Å². The predicted octanol–water partition coefficient (Wildman–Crippen LogP) is 5.10. The number of carbonyl (C=O) groups excluding carboxylic acids is 1. The molecule has 0 fully saturated rings. The molecule has 4 rings (SSSR count). The summed E-state index contributed by atoms with van der Waals surface area (Å²) in [6.45, 7) is 1.89. The van der Waals surface area contributed by atoms with Crippen LogP contribution in [0.3, 0.4) is 0 Å². The fourth-order valence-corrected chi connectivity index (χ4v) is 4.00. The van der Waals surface area contributed by atoms with Crippen molar-refractivity contribution in [3.8, 4) is 11.5 Å². The first-order valence-electron chi connectivity index (χ1n) is 8.62. The smallest absolute Gasteiger partial charge is 0.277 e. The summed E-state index contributed by atoms with van der Waals surface area (Å²) in [5.41, 5.74) is 2.21. The average molecular weight is 426 g/mol. The summed E-state index contributed by atoms with van der Waals surface area (Å²) < 4.78 is 18.6. The van der Waals surface area contributed by atoms with Gasteiger partial charge in [-0.25, -0.2) is 9.37 Å². The number of amides is 1. The number of aromatic nitrogens is 3. The van der Waals surface area contributed by atoms with Crippen LogP contribution in [0.5, 0.6) is 0 Å². The van der Waals surface area contributed by atoms with E-state index in [-0.39, 0.29) is 28.6 Å². The Labute approximate surface area is 174 Å². The molecule has 29 heavy (non-hydrogen) atoms. The Balaban J connectivity index is 1.49. The third-order valence-corrected chi connectivity index (χ3v) is 5.63. The Hall–Kier alpha value is -3.04. The molecule has 0 saturated heterocycles. The maximum Gasteiger partial charge on any atom is 0.277 e. The molecule has 4 aromatic rings. The number of rotatable bonds is 6. The van der Waals surface area contributed by atoms with E-state index in [4.69, 9.17) is 4.42 Å². The van der Waals surface area contributed by atoms with Crippen LogP contribution < -0.4 is 4.90 Å². The number of thioether (sulfide) groups is 1. The molecule has 0 atom stereocenters. The number of carbonyl (C=O) groups is 1. The van der Waals surface area contributed by atoms with Crippen molar-refractivity contribution in [3.63, 3.8) is 0 Å². The lowest BCUT2D eigenvalue weighted by Crippen LogP contribution is -2.27. The Bertz CT molecular complexity index is 1110. The lowest BCUT2D eigenvalue weighted by atomic mass is 10.2. The summed E-state index contributed by atoms with van der Waals surface area (Å²) in [5, 5.41) is 10.7. The van der Waals surface area contributed by atoms with E-state index in [0.717, 1.165) is 23.1 Å². The van der Waals surface area contributed by atoms with Crippen molar-refractivity contribution < 1.29 is 13.6 Å². The zero-order chi connectivity index (χ0) is 20.2. The van der Waals surface area contributed by atoms with Crippen LogP contribution in [-0.2, 0) is 4.79 Å². The largest absolute Gasteiger partial charge is 0.411 e. The van der Waals surface area contributed by atoms with Crippen molar-refractivity contribution >= 4 is 39.8 Å². The van der Waals surface area contributed by atoms with Gasteiger partial charge in [-0.05, 0) is 43.3 Å². The molecule has 6 nitrogen and oxygen atoms in total. The first kappa shape index (κ1) is 19.3. The van der Waals surface area contributed by atoms with E-state index in [9.17, 15) is 9.18 Å². The van der Waals surface area contributed by atoms with E-state index >= 15 is 0 Å². The van der Waals surface area contributed by atoms with Gasteiger partial charge in [-0.3, -0.25) is 9.69 Å². The molecule has 0 saturated carbocycles. The highest BCUT2D eigenvalue weighted by Gasteiger charge is 2.22. The highest BCUT2D eigenvalue weighted by atomic mass is 32.2. The summed E-state index contributed by atoms with van der Waals surface area (Å²) in [5.74, 6) is -0.127. The number of anilines is 2. The second-order valence-electron chi connectivity index (χ2n) is 6.00. The lowest BCUT2D eigenvalue weighted by molar-refractivity contribution is -0.115. The van der Waals surface area contributed by atoms with Gasteiger partial charge in [0.1, 0.15) is 5.82 Å². The fraction of sp³-hybridized carbons (Fsp3) is 0.100. The summed E-state index contributed by atoms with van der Waals surface area (Å²) in [6.07, 6.45) is 0. The fourth-order valence-electron chi connectivity index (χ4n) is 2.55. The second kappa shape index (κ2) is 8.54. The predicted molar refractivity (Wildman–Crippen MR) is 111 cm³/mol. The quantitative estimate of drug-likeness (QED) is 0.400. The standard InChI is InChI=1S/C20H15FN4O2S2/c1-13-11-28-19(22-13)25(16-5-3-2-4-6-16)17(26)12-29-20-24-23-18(27-20)14-7-9-15(21)10-8-14/h2-11H,12H2,1H3. The van der Waals surface area contributed by atoms with Gasteiger partial charge in [-0.1, -0.05) is 30.0 Å². The number of halogens is 1. The minimum atomic E-state index is -0.341. The maximum atomic E-state index is 13.1. The first-order valence-corrected chi connectivity index (χ1v) is 10.5. The maximum absolute atomic E-state index is 13.1. The van der Waals surface area contributed by atoms with Crippen molar-refractivity contribution in [1.29, 1.82) is 0 Å². The summed E-state index contributed by atoms with van der Waals surface area (Å²) in [7, 11) is 0. The van der Waals surface area contributed by atoms with Gasteiger partial charge in [0.25, 0.3) is 5.22 Å². The number of para-hydroxylation sites is 1. The third-order valence-electron chi connectivity index (χ3n) is 3.88. The van der Waals surface area contributed by atoms with Gasteiger partial charge < -0.3 is 4.42 Å². The average Bonchev–Trinajstić information content (AvgIpc) is 3.37. The minimum Gasteiger partial charge on any atom is -0.411 e. The van der Waals surface area contributed by atoms with Gasteiger partial charge in [0, 0.05) is 10.9 Å². The van der Waals surface area contributed by atoms with Crippen LogP contribution in [0.15, 0.2) is 69.6 Å². The number of benzene rings is 2. The van der Waals surface area contributed by atoms with Gasteiger partial charge in [0.2, 0.25) is 11.8 Å². The summed E-state index contributed by atoms with van der Waals surface area (Å²) >= 11 is 2.55. The van der Waals surface area contributed by atoms with Crippen molar-refractivity contribution in [1.82, 2.24) is 15.2 Å². The van der Waals surface area contributed by atoms with Crippen molar-refractivity contribution in [2.75, 3.05) is 10.7 Å². The van der Waals surface area contributed by atoms with Crippen molar-refractivity contribution in [2.45, 2.75) is 12.1 Å². The molecule has 2 aromatic heterocycles. The molecule has 0 unspecified atom stereocenters. The van der Waals surface area contributed by atoms with Crippen LogP contribution in [0.25, 0.3) is 11.5 Å². The van der Waals surface area contributed by atoms with Gasteiger partial charge in [0.05, 0.1) is 17.1 Å². The molecule has 146 valence electrons. The monoisotopic (exact) mass is 426 g/mol. The van der Waals surface area contributed by atoms with Gasteiger partial charge in [-0.15, -0.1) is 21.5 Å². The molecule has 0 spiro atoms. The zero-order valence-corrected chi connectivity index (χ0v) is 16.9. The van der Waals surface area contributed by atoms with E-state index in [1.807, 2.05) is 42.6 Å². The molecule has 0 aliphatic carbocycles. The molecule has 2 heterocycles. The van der Waals surface area contributed by atoms with Crippen LogP contribution in [0.2, 0.25) is 0 Å². The number of thiazole rings is 1. The van der Waals surface area contributed by atoms with Crippen LogP contribution >= 0.6 is 23.1 Å². The van der Waals surface area contributed by atoms with Crippen LogP contribution in [0.4, 0.5) is 15.2 Å². The normalized spacial score (nSPS) is 10.8. The second-order valence-corrected chi connectivity index (χ2v) is 7.77. The zero-order valence-electron chi connectivity index (χ0n) is 15.3. The van der Waals surface area contributed by atoms with E-state index in [1.165, 1.54) is 23.5 Å². The highest BCUT2D eigenvalue weighted by molar-refractivity contribution is 7.99. The van der Waals surface area contributed by atoms with Crippen molar-refractivity contribution in [3.05, 3.63) is 71.5 Å². The highest BCUT2D eigenvalue weighted by Crippen LogP contribution is 2.30. The molecule has 0 bridgehead atoms. The summed E-state index contributed by atoms with van der Waals surface area (Å²) in [4.78, 5) is 19.0. The van der Waals surface area contributed by atoms with Gasteiger partial charge in [-0.2, -0.15) is 0 Å². The Morgan fingerprint density at radius 3 is 2.59 bits per heavy atom. The van der Waals surface area contributed by atoms with Crippen molar-refractivity contribution in [2.24, 2.45) is 0 Å². The van der Waals surface area contributed by atoms with Crippen LogP contribution in [0.1, 0.15) is 5.69 Å². The molecular weight excluding hydrogens is 411 g/mol. The Morgan fingerprint density at radius 1 is 1.14 bits per heavy atom. The molecule has 0 N–H and O–H groups in total. The molecule has 0 radical (unpaired) electrons. The van der Waals surface area contributed by atoms with E-state index in [0.29, 0.717) is 10.7 Å². The number of hydrogen-bond donors (Lipinski definition) is 0. The van der Waals surface area contributed by atoms with Crippen LogP contribution in [-0.4, -0.2) is 26.8 Å². The van der Waals surface area contributed by atoms with E-state index < -0.39 is 0 Å². The van der Waals surface area contributed by atoms with Gasteiger partial charge in [0.15, 0.2) is 5.13 Å². The Morgan fingerprint density at radius 2 is 1.90 bits per heavy atom. The number of aryl methyl sites for hydroxylation is 1. The van der Waals surface area contributed by atoms with E-state index in [2.05, 4.69) is 15.2 Å². The lowest BCUT2D eigenvalue weighted by Gasteiger charge is -2.19. The minimum absolute atomic E-state index is 0.0958. The topological polar surface area (TPSA) is 72.1 Å². The van der Waals surface area contributed by atoms with Gasteiger partial charge >= 0.3 is 0 Å². The SMILES string of the molecule is Cc1csc(N(C(=O)CSc2nnc(-c3ccc(F)cc3)o2)c2ccccc2)n1. The molecule has 0 aliphatic heterocycles. The Kier molecular flexibility index (Phi) is 5.68. The third kappa shape index (κ3) is 4.52.